The van der Waals surface area contributed by atoms with Gasteiger partial charge < -0.3 is 15.5 Å². The Morgan fingerprint density at radius 3 is 3.21 bits per heavy atom. The van der Waals surface area contributed by atoms with Gasteiger partial charge in [0.1, 0.15) is 6.04 Å². The summed E-state index contributed by atoms with van der Waals surface area (Å²) in [5.74, 6) is 0.0251. The lowest BCUT2D eigenvalue weighted by molar-refractivity contribution is -0.122. The summed E-state index contributed by atoms with van der Waals surface area (Å²) in [6.45, 7) is 4.77. The Morgan fingerprint density at radius 2 is 2.47 bits per heavy atom. The molecule has 1 aromatic carbocycles. The van der Waals surface area contributed by atoms with E-state index in [2.05, 4.69) is 21.6 Å². The fourth-order valence-corrected chi connectivity index (χ4v) is 2.29. The van der Waals surface area contributed by atoms with E-state index in [1.54, 1.807) is 6.07 Å². The van der Waals surface area contributed by atoms with Crippen molar-refractivity contribution in [2.45, 2.75) is 13.0 Å². The summed E-state index contributed by atoms with van der Waals surface area (Å²) in [5.41, 5.74) is 1.54. The van der Waals surface area contributed by atoms with Crippen LogP contribution in [0.25, 0.3) is 0 Å². The molecule has 1 aliphatic heterocycles. The van der Waals surface area contributed by atoms with Gasteiger partial charge in [0.2, 0.25) is 5.91 Å². The minimum Gasteiger partial charge on any atom is -0.357 e. The van der Waals surface area contributed by atoms with E-state index in [1.165, 1.54) is 0 Å². The van der Waals surface area contributed by atoms with Crippen molar-refractivity contribution in [3.8, 4) is 6.07 Å². The molecule has 0 spiro atoms. The molecule has 1 heterocycles. The van der Waals surface area contributed by atoms with Crippen LogP contribution in [0.2, 0.25) is 0 Å². The molecule has 1 atom stereocenters. The minimum atomic E-state index is -0.220. The van der Waals surface area contributed by atoms with Crippen LogP contribution in [0.1, 0.15) is 12.5 Å². The molecule has 2 rings (SSSR count). The highest BCUT2D eigenvalue weighted by Gasteiger charge is 2.28. The number of nitrogens with zero attached hydrogens (tertiary/aromatic N) is 2. The Kier molecular flexibility index (Phi) is 4.37. The Morgan fingerprint density at radius 1 is 1.63 bits per heavy atom. The van der Waals surface area contributed by atoms with Crippen LogP contribution in [0.3, 0.4) is 0 Å². The van der Waals surface area contributed by atoms with Crippen molar-refractivity contribution in [3.05, 3.63) is 29.8 Å². The molecule has 0 bridgehead atoms. The van der Waals surface area contributed by atoms with Crippen LogP contribution in [0.5, 0.6) is 0 Å². The summed E-state index contributed by atoms with van der Waals surface area (Å²) in [6.07, 6.45) is 0. The van der Waals surface area contributed by atoms with E-state index in [1.807, 2.05) is 25.1 Å². The first-order chi connectivity index (χ1) is 9.26. The van der Waals surface area contributed by atoms with Gasteiger partial charge in [0.25, 0.3) is 0 Å². The number of amides is 1. The lowest BCUT2D eigenvalue weighted by Gasteiger charge is -2.37. The van der Waals surface area contributed by atoms with Crippen molar-refractivity contribution in [1.82, 2.24) is 10.6 Å². The topological polar surface area (TPSA) is 68.2 Å². The maximum atomic E-state index is 12.1. The van der Waals surface area contributed by atoms with E-state index in [0.29, 0.717) is 18.7 Å². The van der Waals surface area contributed by atoms with Gasteiger partial charge in [-0.25, -0.2) is 0 Å². The van der Waals surface area contributed by atoms with E-state index in [9.17, 15) is 4.79 Å². The van der Waals surface area contributed by atoms with Crippen molar-refractivity contribution in [2.75, 3.05) is 31.1 Å². The molecule has 0 saturated carbocycles. The predicted molar refractivity (Wildman–Crippen MR) is 73.8 cm³/mol. The summed E-state index contributed by atoms with van der Waals surface area (Å²) >= 11 is 0. The lowest BCUT2D eigenvalue weighted by Crippen LogP contribution is -2.58. The third-order valence-electron chi connectivity index (χ3n) is 3.20. The Balaban J connectivity index is 2.23. The van der Waals surface area contributed by atoms with E-state index in [4.69, 9.17) is 5.26 Å². The Bertz CT molecular complexity index is 494. The molecule has 1 fully saturated rings. The highest BCUT2D eigenvalue weighted by molar-refractivity contribution is 5.85. The molecule has 0 aliphatic carbocycles. The predicted octanol–water partition coefficient (Wildman–Crippen LogP) is 0.473. The third-order valence-corrected chi connectivity index (χ3v) is 3.20. The zero-order chi connectivity index (χ0) is 13.7. The van der Waals surface area contributed by atoms with Crippen LogP contribution in [0.15, 0.2) is 24.3 Å². The lowest BCUT2D eigenvalue weighted by atomic mass is 10.1. The molecule has 0 aromatic heterocycles. The van der Waals surface area contributed by atoms with Gasteiger partial charge in [-0.3, -0.25) is 4.79 Å². The van der Waals surface area contributed by atoms with Gasteiger partial charge in [-0.05, 0) is 25.1 Å². The Labute approximate surface area is 113 Å². The third kappa shape index (κ3) is 3.04. The summed E-state index contributed by atoms with van der Waals surface area (Å²) in [4.78, 5) is 14.1. The molecular formula is C14H18N4O. The zero-order valence-electron chi connectivity index (χ0n) is 11.0. The summed E-state index contributed by atoms with van der Waals surface area (Å²) in [7, 11) is 0. The number of nitriles is 1. The maximum absolute atomic E-state index is 12.1. The van der Waals surface area contributed by atoms with Crippen molar-refractivity contribution >= 4 is 11.6 Å². The van der Waals surface area contributed by atoms with E-state index in [-0.39, 0.29) is 11.9 Å². The zero-order valence-corrected chi connectivity index (χ0v) is 11.0. The van der Waals surface area contributed by atoms with E-state index in [0.717, 1.165) is 18.8 Å². The number of carbonyl (C=O) groups is 1. The molecule has 1 aliphatic rings. The van der Waals surface area contributed by atoms with E-state index >= 15 is 0 Å². The summed E-state index contributed by atoms with van der Waals surface area (Å²) < 4.78 is 0. The molecule has 0 radical (unpaired) electrons. The van der Waals surface area contributed by atoms with Gasteiger partial charge in [-0.1, -0.05) is 6.07 Å². The number of hydrogen-bond donors (Lipinski definition) is 2. The molecule has 1 amide bonds. The van der Waals surface area contributed by atoms with Crippen LogP contribution in [0.4, 0.5) is 5.69 Å². The fourth-order valence-electron chi connectivity index (χ4n) is 2.29. The first-order valence-electron chi connectivity index (χ1n) is 6.51. The van der Waals surface area contributed by atoms with Crippen LogP contribution < -0.4 is 15.5 Å². The second-order valence-electron chi connectivity index (χ2n) is 4.47. The first kappa shape index (κ1) is 13.4. The number of carbonyl (C=O) groups excluding carboxylic acids is 1. The van der Waals surface area contributed by atoms with Gasteiger partial charge in [0, 0.05) is 31.9 Å². The van der Waals surface area contributed by atoms with Crippen molar-refractivity contribution in [2.24, 2.45) is 0 Å². The largest absolute Gasteiger partial charge is 0.357 e. The van der Waals surface area contributed by atoms with Gasteiger partial charge in [0.15, 0.2) is 0 Å². The minimum absolute atomic E-state index is 0.0251. The first-order valence-corrected chi connectivity index (χ1v) is 6.51. The quantitative estimate of drug-likeness (QED) is 0.827. The second kappa shape index (κ2) is 6.21. The van der Waals surface area contributed by atoms with E-state index < -0.39 is 0 Å². The van der Waals surface area contributed by atoms with Gasteiger partial charge in [0.05, 0.1) is 11.6 Å². The molecule has 1 unspecified atom stereocenters. The van der Waals surface area contributed by atoms with Gasteiger partial charge in [-0.2, -0.15) is 5.26 Å². The molecule has 5 nitrogen and oxygen atoms in total. The van der Waals surface area contributed by atoms with Crippen LogP contribution >= 0.6 is 0 Å². The monoisotopic (exact) mass is 258 g/mol. The average Bonchev–Trinajstić information content (AvgIpc) is 2.47. The SMILES string of the molecule is CCNC(=O)C1CNCCN1c1cccc(C#N)c1. The number of rotatable bonds is 3. The number of nitrogens with one attached hydrogen (secondary N) is 2. The highest BCUT2D eigenvalue weighted by atomic mass is 16.2. The Hall–Kier alpha value is -2.06. The number of hydrogen-bond acceptors (Lipinski definition) is 4. The molecule has 1 saturated heterocycles. The molecule has 1 aromatic rings. The molecule has 19 heavy (non-hydrogen) atoms. The molecule has 5 heteroatoms. The highest BCUT2D eigenvalue weighted by Crippen LogP contribution is 2.19. The van der Waals surface area contributed by atoms with Crippen LogP contribution in [0, 0.1) is 11.3 Å². The number of piperazine rings is 1. The smallest absolute Gasteiger partial charge is 0.244 e. The summed E-state index contributed by atoms with van der Waals surface area (Å²) in [6, 6.07) is 9.31. The van der Waals surface area contributed by atoms with Crippen LogP contribution in [-0.2, 0) is 4.79 Å². The molecular weight excluding hydrogens is 240 g/mol. The van der Waals surface area contributed by atoms with Crippen LogP contribution in [-0.4, -0.2) is 38.1 Å². The summed E-state index contributed by atoms with van der Waals surface area (Å²) in [5, 5.41) is 15.1. The van der Waals surface area contributed by atoms with Crippen molar-refractivity contribution in [3.63, 3.8) is 0 Å². The van der Waals surface area contributed by atoms with Crippen molar-refractivity contribution < 1.29 is 4.79 Å². The maximum Gasteiger partial charge on any atom is 0.244 e. The fraction of sp³-hybridized carbons (Fsp3) is 0.429. The second-order valence-corrected chi connectivity index (χ2v) is 4.47. The number of benzene rings is 1. The normalized spacial score (nSPS) is 18.7. The number of likely N-dealkylation sites (N-methyl/N-ethyl adjacent to an activating group) is 1. The van der Waals surface area contributed by atoms with Gasteiger partial charge in [-0.15, -0.1) is 0 Å². The number of anilines is 1. The van der Waals surface area contributed by atoms with Gasteiger partial charge >= 0.3 is 0 Å². The molecule has 2 N–H and O–H groups in total. The average molecular weight is 258 g/mol. The molecule has 100 valence electrons. The standard InChI is InChI=1S/C14H18N4O/c1-2-17-14(19)13-10-16-6-7-18(13)12-5-3-4-11(8-12)9-15/h3-5,8,13,16H,2,6-7,10H2,1H3,(H,17,19). The van der Waals surface area contributed by atoms with Crippen molar-refractivity contribution in [1.29, 1.82) is 5.26 Å².